The second-order valence-electron chi connectivity index (χ2n) is 6.75. The molecule has 2 atom stereocenters. The maximum Gasteiger partial charge on any atom is 0.156 e. The van der Waals surface area contributed by atoms with Crippen LogP contribution in [0.3, 0.4) is 0 Å². The summed E-state index contributed by atoms with van der Waals surface area (Å²) in [6.07, 6.45) is 6.52. The minimum Gasteiger partial charge on any atom is -0.377 e. The van der Waals surface area contributed by atoms with Gasteiger partial charge in [0.05, 0.1) is 0 Å². The normalized spacial score (nSPS) is 24.3. The summed E-state index contributed by atoms with van der Waals surface area (Å²) in [6.45, 7) is 4.69. The van der Waals surface area contributed by atoms with Gasteiger partial charge in [-0.15, -0.1) is 0 Å². The molecule has 122 valence electrons. The molecule has 1 aliphatic carbocycles. The van der Waals surface area contributed by atoms with E-state index in [1.807, 2.05) is 12.4 Å². The topological polar surface area (TPSA) is 66.9 Å². The molecular formula is C17H23N5O. The highest BCUT2D eigenvalue weighted by Crippen LogP contribution is 2.48. The average Bonchev–Trinajstić information content (AvgIpc) is 3.13. The van der Waals surface area contributed by atoms with Crippen molar-refractivity contribution in [2.45, 2.75) is 32.3 Å². The van der Waals surface area contributed by atoms with Crippen molar-refractivity contribution in [1.82, 2.24) is 20.2 Å². The van der Waals surface area contributed by atoms with Crippen LogP contribution >= 0.6 is 0 Å². The number of ether oxygens (including phenoxy) is 1. The van der Waals surface area contributed by atoms with Gasteiger partial charge in [-0.1, -0.05) is 0 Å². The van der Waals surface area contributed by atoms with Crippen molar-refractivity contribution in [2.24, 2.45) is 11.8 Å². The number of aryl methyl sites for hydroxylation is 1. The van der Waals surface area contributed by atoms with Crippen molar-refractivity contribution in [3.8, 4) is 0 Å². The molecule has 6 heteroatoms. The monoisotopic (exact) mass is 313 g/mol. The van der Waals surface area contributed by atoms with Gasteiger partial charge in [-0.2, -0.15) is 5.10 Å². The van der Waals surface area contributed by atoms with Crippen LogP contribution in [0.25, 0.3) is 0 Å². The summed E-state index contributed by atoms with van der Waals surface area (Å²) in [5.41, 5.74) is 2.53. The van der Waals surface area contributed by atoms with Gasteiger partial charge in [-0.3, -0.25) is 10.1 Å². The summed E-state index contributed by atoms with van der Waals surface area (Å²) < 4.78 is 5.15. The number of methoxy groups -OCH3 is 1. The van der Waals surface area contributed by atoms with Gasteiger partial charge in [0.1, 0.15) is 6.61 Å². The van der Waals surface area contributed by atoms with E-state index in [0.717, 1.165) is 30.7 Å². The largest absolute Gasteiger partial charge is 0.377 e. The van der Waals surface area contributed by atoms with E-state index in [4.69, 9.17) is 4.74 Å². The third kappa shape index (κ3) is 2.83. The molecule has 0 amide bonds. The number of nitrogens with zero attached hydrogens (tertiary/aromatic N) is 4. The van der Waals surface area contributed by atoms with Gasteiger partial charge in [0.15, 0.2) is 11.6 Å². The van der Waals surface area contributed by atoms with Crippen LogP contribution in [0, 0.1) is 18.8 Å². The van der Waals surface area contributed by atoms with Crippen molar-refractivity contribution in [2.75, 3.05) is 25.1 Å². The number of aromatic nitrogens is 4. The van der Waals surface area contributed by atoms with Gasteiger partial charge in [0.25, 0.3) is 0 Å². The highest BCUT2D eigenvalue weighted by atomic mass is 16.5. The molecule has 0 unspecified atom stereocenters. The first kappa shape index (κ1) is 14.6. The van der Waals surface area contributed by atoms with Crippen LogP contribution in [-0.4, -0.2) is 40.4 Å². The van der Waals surface area contributed by atoms with Gasteiger partial charge in [-0.25, -0.2) is 4.98 Å². The molecule has 2 fully saturated rings. The lowest BCUT2D eigenvalue weighted by molar-refractivity contribution is 0.178. The lowest BCUT2D eigenvalue weighted by Crippen LogP contribution is -2.21. The number of H-pyrrole nitrogens is 1. The molecule has 0 aromatic carbocycles. The Hall–Kier alpha value is -1.95. The van der Waals surface area contributed by atoms with Crippen molar-refractivity contribution in [3.05, 3.63) is 35.7 Å². The molecule has 1 aliphatic heterocycles. The highest BCUT2D eigenvalue weighted by molar-refractivity contribution is 5.53. The maximum atomic E-state index is 5.15. The molecule has 0 bridgehead atoms. The Morgan fingerprint density at radius 1 is 1.35 bits per heavy atom. The molecule has 6 nitrogen and oxygen atoms in total. The number of pyridine rings is 1. The first-order chi connectivity index (χ1) is 11.3. The predicted octanol–water partition coefficient (Wildman–Crippen LogP) is 2.28. The van der Waals surface area contributed by atoms with Crippen molar-refractivity contribution < 1.29 is 4.74 Å². The van der Waals surface area contributed by atoms with E-state index in [-0.39, 0.29) is 0 Å². The lowest BCUT2D eigenvalue weighted by Gasteiger charge is -2.20. The molecule has 1 saturated heterocycles. The highest BCUT2D eigenvalue weighted by Gasteiger charge is 2.44. The fourth-order valence-electron chi connectivity index (χ4n) is 3.80. The number of aromatic amines is 1. The molecule has 1 N–H and O–H groups in total. The number of nitrogens with one attached hydrogen (secondary N) is 1. The Bertz CT molecular complexity index is 681. The average molecular weight is 313 g/mol. The standard InChI is InChI=1S/C17H23N5O/c1-11-7-18-6-5-15(11)22-8-13(12-3-4-12)14(9-22)17-19-16(10-23-2)20-21-17/h5-7,12-14H,3-4,8-10H2,1-2H3,(H,19,20,21)/t13-,14+/m1/s1. The molecule has 0 spiro atoms. The third-order valence-electron chi connectivity index (χ3n) is 5.09. The Balaban J connectivity index is 1.59. The summed E-state index contributed by atoms with van der Waals surface area (Å²) in [4.78, 5) is 11.4. The number of hydrogen-bond donors (Lipinski definition) is 1. The van der Waals surface area contributed by atoms with Gasteiger partial charge < -0.3 is 9.64 Å². The van der Waals surface area contributed by atoms with E-state index in [9.17, 15) is 0 Å². The van der Waals surface area contributed by atoms with Crippen LogP contribution < -0.4 is 4.90 Å². The number of rotatable bonds is 5. The van der Waals surface area contributed by atoms with Crippen LogP contribution in [0.2, 0.25) is 0 Å². The molecule has 3 heterocycles. The van der Waals surface area contributed by atoms with Crippen molar-refractivity contribution in [3.63, 3.8) is 0 Å². The van der Waals surface area contributed by atoms with E-state index >= 15 is 0 Å². The first-order valence-electron chi connectivity index (χ1n) is 8.32. The Morgan fingerprint density at radius 3 is 2.96 bits per heavy atom. The minimum atomic E-state index is 0.400. The van der Waals surface area contributed by atoms with Crippen molar-refractivity contribution >= 4 is 5.69 Å². The second-order valence-corrected chi connectivity index (χ2v) is 6.75. The van der Waals surface area contributed by atoms with Gasteiger partial charge in [-0.05, 0) is 43.2 Å². The molecule has 4 rings (SSSR count). The number of hydrogen-bond acceptors (Lipinski definition) is 5. The van der Waals surface area contributed by atoms with Gasteiger partial charge >= 0.3 is 0 Å². The van der Waals surface area contributed by atoms with E-state index in [2.05, 4.69) is 38.1 Å². The Kier molecular flexibility index (Phi) is 3.77. The van der Waals surface area contributed by atoms with Crippen LogP contribution in [-0.2, 0) is 11.3 Å². The van der Waals surface area contributed by atoms with E-state index in [1.54, 1.807) is 7.11 Å². The predicted molar refractivity (Wildman–Crippen MR) is 87.2 cm³/mol. The second kappa shape index (κ2) is 5.92. The molecule has 0 radical (unpaired) electrons. The van der Waals surface area contributed by atoms with Crippen molar-refractivity contribution in [1.29, 1.82) is 0 Å². The van der Waals surface area contributed by atoms with Crippen LogP contribution in [0.5, 0.6) is 0 Å². The summed E-state index contributed by atoms with van der Waals surface area (Å²) in [7, 11) is 1.68. The summed E-state index contributed by atoms with van der Waals surface area (Å²) in [5.74, 6) is 3.64. The quantitative estimate of drug-likeness (QED) is 0.917. The third-order valence-corrected chi connectivity index (χ3v) is 5.09. The fraction of sp³-hybridized carbons (Fsp3) is 0.588. The summed E-state index contributed by atoms with van der Waals surface area (Å²) in [6, 6.07) is 2.12. The van der Waals surface area contributed by atoms with E-state index in [1.165, 1.54) is 24.1 Å². The molecule has 2 aliphatic rings. The first-order valence-corrected chi connectivity index (χ1v) is 8.32. The minimum absolute atomic E-state index is 0.400. The van der Waals surface area contributed by atoms with Crippen LogP contribution in [0.15, 0.2) is 18.5 Å². The van der Waals surface area contributed by atoms with Gasteiger partial charge in [0, 0.05) is 44.2 Å². The SMILES string of the molecule is COCc1nc([C@H]2CN(c3ccncc3C)C[C@@H]2C2CC2)n[nH]1. The summed E-state index contributed by atoms with van der Waals surface area (Å²) >= 11 is 0. The molecule has 2 aromatic rings. The lowest BCUT2D eigenvalue weighted by atomic mass is 9.91. The smallest absolute Gasteiger partial charge is 0.156 e. The molecule has 2 aromatic heterocycles. The Labute approximate surface area is 136 Å². The zero-order valence-corrected chi connectivity index (χ0v) is 13.7. The Morgan fingerprint density at radius 2 is 2.22 bits per heavy atom. The van der Waals surface area contributed by atoms with Gasteiger partial charge in [0.2, 0.25) is 0 Å². The van der Waals surface area contributed by atoms with Crippen LogP contribution in [0.4, 0.5) is 5.69 Å². The van der Waals surface area contributed by atoms with Crippen LogP contribution in [0.1, 0.15) is 36.0 Å². The zero-order valence-electron chi connectivity index (χ0n) is 13.7. The molecule has 23 heavy (non-hydrogen) atoms. The zero-order chi connectivity index (χ0) is 15.8. The van der Waals surface area contributed by atoms with E-state index < -0.39 is 0 Å². The number of anilines is 1. The fourth-order valence-corrected chi connectivity index (χ4v) is 3.80. The maximum absolute atomic E-state index is 5.15. The summed E-state index contributed by atoms with van der Waals surface area (Å²) in [5, 5.41) is 7.49. The molecule has 1 saturated carbocycles. The van der Waals surface area contributed by atoms with E-state index in [0.29, 0.717) is 18.4 Å². The molecular weight excluding hydrogens is 290 g/mol.